The Morgan fingerprint density at radius 1 is 1.39 bits per heavy atom. The Labute approximate surface area is 110 Å². The highest BCUT2D eigenvalue weighted by Gasteiger charge is 2.13. The molecule has 0 saturated carbocycles. The van der Waals surface area contributed by atoms with E-state index in [4.69, 9.17) is 4.74 Å². The summed E-state index contributed by atoms with van der Waals surface area (Å²) in [4.78, 5) is 11.6. The highest BCUT2D eigenvalue weighted by atomic mass is 16.5. The number of hydrogen-bond donors (Lipinski definition) is 1. The summed E-state index contributed by atoms with van der Waals surface area (Å²) in [6.45, 7) is 6.31. The smallest absolute Gasteiger partial charge is 0.338 e. The number of methoxy groups -OCH3 is 1. The van der Waals surface area contributed by atoms with Gasteiger partial charge in [-0.25, -0.2) is 4.79 Å². The number of carbonyl (C=O) groups excluding carboxylic acids is 1. The lowest BCUT2D eigenvalue weighted by atomic mass is 10.0. The van der Waals surface area contributed by atoms with Crippen LogP contribution in [-0.4, -0.2) is 19.1 Å². The third-order valence-corrected chi connectivity index (χ3v) is 3.23. The summed E-state index contributed by atoms with van der Waals surface area (Å²) in [6.07, 6.45) is 3.37. The van der Waals surface area contributed by atoms with Gasteiger partial charge in [0, 0.05) is 11.7 Å². The van der Waals surface area contributed by atoms with Crippen molar-refractivity contribution in [2.75, 3.05) is 12.4 Å². The first-order valence-electron chi connectivity index (χ1n) is 6.58. The molecular formula is C15H23NO2. The lowest BCUT2D eigenvalue weighted by Crippen LogP contribution is -2.19. The number of esters is 1. The molecule has 3 heteroatoms. The summed E-state index contributed by atoms with van der Waals surface area (Å²) in [5.74, 6) is -0.278. The maximum Gasteiger partial charge on any atom is 0.338 e. The van der Waals surface area contributed by atoms with Gasteiger partial charge in [0.15, 0.2) is 0 Å². The largest absolute Gasteiger partial charge is 0.465 e. The molecule has 0 aliphatic carbocycles. The average molecular weight is 249 g/mol. The lowest BCUT2D eigenvalue weighted by molar-refractivity contribution is 0.0600. The van der Waals surface area contributed by atoms with Crippen molar-refractivity contribution in [2.45, 2.75) is 46.1 Å². The molecule has 0 heterocycles. The number of carbonyl (C=O) groups is 1. The highest BCUT2D eigenvalue weighted by Crippen LogP contribution is 2.22. The maximum absolute atomic E-state index is 11.6. The van der Waals surface area contributed by atoms with Crippen molar-refractivity contribution < 1.29 is 9.53 Å². The van der Waals surface area contributed by atoms with Crippen LogP contribution in [0.5, 0.6) is 0 Å². The fourth-order valence-corrected chi connectivity index (χ4v) is 2.07. The minimum Gasteiger partial charge on any atom is -0.465 e. The first-order chi connectivity index (χ1) is 8.63. The highest BCUT2D eigenvalue weighted by molar-refractivity contribution is 5.92. The van der Waals surface area contributed by atoms with E-state index in [2.05, 4.69) is 19.2 Å². The van der Waals surface area contributed by atoms with Crippen molar-refractivity contribution in [3.63, 3.8) is 0 Å². The molecule has 0 radical (unpaired) electrons. The van der Waals surface area contributed by atoms with Crippen LogP contribution in [-0.2, 0) is 4.74 Å². The van der Waals surface area contributed by atoms with Crippen LogP contribution in [0.4, 0.5) is 5.69 Å². The molecule has 0 aliphatic rings. The molecule has 0 bridgehead atoms. The van der Waals surface area contributed by atoms with Crippen LogP contribution in [0.15, 0.2) is 18.2 Å². The summed E-state index contributed by atoms with van der Waals surface area (Å²) in [5.41, 5.74) is 2.62. The van der Waals surface area contributed by atoms with E-state index in [1.165, 1.54) is 7.11 Å². The molecule has 1 N–H and O–H groups in total. The monoisotopic (exact) mass is 249 g/mol. The molecule has 0 saturated heterocycles. The Hall–Kier alpha value is -1.51. The van der Waals surface area contributed by atoms with E-state index in [-0.39, 0.29) is 5.97 Å². The van der Waals surface area contributed by atoms with E-state index in [1.54, 1.807) is 6.07 Å². The van der Waals surface area contributed by atoms with Gasteiger partial charge in [-0.05, 0) is 37.5 Å². The second-order valence-corrected chi connectivity index (χ2v) is 4.51. The molecule has 1 aromatic rings. The first kappa shape index (κ1) is 14.6. The van der Waals surface area contributed by atoms with Crippen molar-refractivity contribution in [3.8, 4) is 0 Å². The van der Waals surface area contributed by atoms with Crippen molar-refractivity contribution in [3.05, 3.63) is 29.3 Å². The number of hydrogen-bond acceptors (Lipinski definition) is 3. The molecule has 18 heavy (non-hydrogen) atoms. The van der Waals surface area contributed by atoms with Crippen molar-refractivity contribution in [1.29, 1.82) is 0 Å². The van der Waals surface area contributed by atoms with Crippen molar-refractivity contribution >= 4 is 11.7 Å². The fourth-order valence-electron chi connectivity index (χ4n) is 2.07. The van der Waals surface area contributed by atoms with E-state index in [0.29, 0.717) is 11.6 Å². The fraction of sp³-hybridized carbons (Fsp3) is 0.533. The van der Waals surface area contributed by atoms with E-state index in [1.807, 2.05) is 19.1 Å². The second kappa shape index (κ2) is 7.04. The normalized spacial score (nSPS) is 12.0. The van der Waals surface area contributed by atoms with E-state index in [9.17, 15) is 4.79 Å². The minimum atomic E-state index is -0.278. The molecule has 1 aromatic carbocycles. The molecule has 0 spiro atoms. The zero-order valence-electron chi connectivity index (χ0n) is 11.7. The number of ether oxygens (including phenoxy) is 1. The van der Waals surface area contributed by atoms with Gasteiger partial charge in [-0.15, -0.1) is 0 Å². The summed E-state index contributed by atoms with van der Waals surface area (Å²) in [6, 6.07) is 6.16. The Morgan fingerprint density at radius 2 is 2.11 bits per heavy atom. The Kier molecular flexibility index (Phi) is 5.69. The van der Waals surface area contributed by atoms with Crippen LogP contribution in [0.3, 0.4) is 0 Å². The predicted molar refractivity (Wildman–Crippen MR) is 75.1 cm³/mol. The third kappa shape index (κ3) is 3.49. The van der Waals surface area contributed by atoms with Crippen LogP contribution in [0.25, 0.3) is 0 Å². The van der Waals surface area contributed by atoms with E-state index in [0.717, 1.165) is 30.5 Å². The Balaban J connectivity index is 2.92. The van der Waals surface area contributed by atoms with Gasteiger partial charge in [-0.3, -0.25) is 0 Å². The van der Waals surface area contributed by atoms with Crippen LogP contribution >= 0.6 is 0 Å². The summed E-state index contributed by atoms with van der Waals surface area (Å²) < 4.78 is 4.78. The molecular weight excluding hydrogens is 226 g/mol. The van der Waals surface area contributed by atoms with Crippen LogP contribution in [0.2, 0.25) is 0 Å². The number of rotatable bonds is 6. The number of anilines is 1. The maximum atomic E-state index is 11.6. The number of benzene rings is 1. The number of nitrogens with one attached hydrogen (secondary N) is 1. The van der Waals surface area contributed by atoms with Crippen molar-refractivity contribution in [2.24, 2.45) is 0 Å². The van der Waals surface area contributed by atoms with E-state index < -0.39 is 0 Å². The minimum absolute atomic E-state index is 0.278. The van der Waals surface area contributed by atoms with Gasteiger partial charge < -0.3 is 10.1 Å². The molecule has 3 nitrogen and oxygen atoms in total. The standard InChI is InChI=1S/C15H23NO2/c1-5-8-12(6-2)16-14-10-7-9-13(11(14)3)15(17)18-4/h7,9-10,12,16H,5-6,8H2,1-4H3. The molecule has 0 aliphatic heterocycles. The summed E-state index contributed by atoms with van der Waals surface area (Å²) >= 11 is 0. The first-order valence-corrected chi connectivity index (χ1v) is 6.58. The zero-order chi connectivity index (χ0) is 13.5. The van der Waals surface area contributed by atoms with Crippen LogP contribution in [0.1, 0.15) is 49.0 Å². The Bertz CT molecular complexity index is 401. The van der Waals surface area contributed by atoms with Crippen LogP contribution in [0, 0.1) is 6.92 Å². The molecule has 0 aromatic heterocycles. The van der Waals surface area contributed by atoms with Gasteiger partial charge in [0.1, 0.15) is 0 Å². The molecule has 100 valence electrons. The molecule has 1 unspecified atom stereocenters. The topological polar surface area (TPSA) is 38.3 Å². The average Bonchev–Trinajstić information content (AvgIpc) is 2.39. The second-order valence-electron chi connectivity index (χ2n) is 4.51. The van der Waals surface area contributed by atoms with Gasteiger partial charge in [0.25, 0.3) is 0 Å². The quantitative estimate of drug-likeness (QED) is 0.780. The van der Waals surface area contributed by atoms with Gasteiger partial charge in [-0.2, -0.15) is 0 Å². The van der Waals surface area contributed by atoms with Gasteiger partial charge in [-0.1, -0.05) is 26.3 Å². The molecule has 0 fully saturated rings. The zero-order valence-corrected chi connectivity index (χ0v) is 11.7. The SMILES string of the molecule is CCCC(CC)Nc1cccc(C(=O)OC)c1C. The molecule has 1 rings (SSSR count). The summed E-state index contributed by atoms with van der Waals surface area (Å²) in [5, 5.41) is 3.51. The van der Waals surface area contributed by atoms with Gasteiger partial charge in [0.2, 0.25) is 0 Å². The summed E-state index contributed by atoms with van der Waals surface area (Å²) in [7, 11) is 1.41. The van der Waals surface area contributed by atoms with E-state index >= 15 is 0 Å². The molecule has 0 amide bonds. The van der Waals surface area contributed by atoms with Crippen LogP contribution < -0.4 is 5.32 Å². The Morgan fingerprint density at radius 3 is 2.67 bits per heavy atom. The molecule has 1 atom stereocenters. The lowest BCUT2D eigenvalue weighted by Gasteiger charge is -2.20. The third-order valence-electron chi connectivity index (χ3n) is 3.23. The van der Waals surface area contributed by atoms with Gasteiger partial charge in [0.05, 0.1) is 12.7 Å². The van der Waals surface area contributed by atoms with Gasteiger partial charge >= 0.3 is 5.97 Å². The van der Waals surface area contributed by atoms with Crippen molar-refractivity contribution in [1.82, 2.24) is 0 Å². The predicted octanol–water partition coefficient (Wildman–Crippen LogP) is 3.77.